The molecule has 12 heteroatoms. The van der Waals surface area contributed by atoms with Crippen molar-refractivity contribution in [3.8, 4) is 17.3 Å². The van der Waals surface area contributed by atoms with Gasteiger partial charge in [0, 0.05) is 17.7 Å². The Balaban J connectivity index is 1.47. The molecule has 0 aliphatic carbocycles. The summed E-state index contributed by atoms with van der Waals surface area (Å²) >= 11 is 0. The number of para-hydroxylation sites is 1. The van der Waals surface area contributed by atoms with Gasteiger partial charge in [0.25, 0.3) is 0 Å². The number of hydrogen-bond acceptors (Lipinski definition) is 10. The van der Waals surface area contributed by atoms with Crippen LogP contribution in [0.5, 0.6) is 5.75 Å². The lowest BCUT2D eigenvalue weighted by atomic mass is 9.72. The van der Waals surface area contributed by atoms with Crippen LogP contribution in [0.1, 0.15) is 72.6 Å². The quantitative estimate of drug-likeness (QED) is 0.223. The third kappa shape index (κ3) is 4.50. The third-order valence-electron chi connectivity index (χ3n) is 9.16. The average molecular weight is 625 g/mol. The molecule has 2 aromatic heterocycles. The first-order valence-corrected chi connectivity index (χ1v) is 15.5. The number of aromatic nitrogens is 2. The van der Waals surface area contributed by atoms with E-state index in [9.17, 15) is 14.4 Å². The van der Waals surface area contributed by atoms with Gasteiger partial charge in [0.1, 0.15) is 35.2 Å². The second-order valence-electron chi connectivity index (χ2n) is 12.8. The van der Waals surface area contributed by atoms with E-state index in [1.165, 1.54) is 6.26 Å². The van der Waals surface area contributed by atoms with E-state index >= 15 is 0 Å². The fourth-order valence-electron chi connectivity index (χ4n) is 6.93. The number of oxazole rings is 2. The van der Waals surface area contributed by atoms with E-state index < -0.39 is 29.8 Å². The third-order valence-corrected chi connectivity index (χ3v) is 9.16. The highest BCUT2D eigenvalue weighted by Gasteiger charge is 2.61. The van der Waals surface area contributed by atoms with Gasteiger partial charge < -0.3 is 34.8 Å². The number of nitrogens with one attached hydrogen (secondary N) is 4. The number of ether oxygens (including phenoxy) is 1. The molecular weight excluding hydrogens is 588 g/mol. The molecule has 3 aliphatic rings. The Kier molecular flexibility index (Phi) is 7.19. The molecule has 3 aliphatic heterocycles. The number of fused-ring (bicyclic) bond motifs is 4. The van der Waals surface area contributed by atoms with E-state index in [2.05, 4.69) is 26.3 Å². The van der Waals surface area contributed by atoms with Crippen LogP contribution in [0.25, 0.3) is 11.6 Å². The standard InChI is InChI=1S/C34H36N6O6/c1-16(2)25(35-5)30(43)37-23-13-18-10-11-24-21(12-18)34(20-8-6-7-9-22(20)38-33(34)45-24)28-27(31-36-19(14-41)15-44-31)40-32(46-28)26(17(3)4)39-29(23)42/h6-12,14-17,23,25-26,33,35,38H,13H2,1-5H3,(H,37,43)(H,39,42)/t23-,25?,26-,33?,34?/m0/s1. The molecule has 238 valence electrons. The molecule has 2 aromatic carbocycles. The lowest BCUT2D eigenvalue weighted by molar-refractivity contribution is -0.131. The summed E-state index contributed by atoms with van der Waals surface area (Å²) < 4.78 is 19.1. The Morgan fingerprint density at radius 1 is 1.09 bits per heavy atom. The Morgan fingerprint density at radius 2 is 1.89 bits per heavy atom. The zero-order valence-corrected chi connectivity index (χ0v) is 26.2. The molecule has 12 nitrogen and oxygen atoms in total. The molecule has 0 fully saturated rings. The molecule has 7 rings (SSSR count). The molecule has 3 unspecified atom stereocenters. The number of carbonyl (C=O) groups excluding carboxylic acids is 3. The number of rotatable bonds is 7. The van der Waals surface area contributed by atoms with E-state index in [1.54, 1.807) is 7.05 Å². The highest BCUT2D eigenvalue weighted by atomic mass is 16.5. The van der Waals surface area contributed by atoms with Gasteiger partial charge in [-0.2, -0.15) is 0 Å². The van der Waals surface area contributed by atoms with E-state index in [0.717, 1.165) is 22.4 Å². The van der Waals surface area contributed by atoms with Crippen LogP contribution in [0.3, 0.4) is 0 Å². The first-order chi connectivity index (χ1) is 22.1. The van der Waals surface area contributed by atoms with Crippen LogP contribution in [-0.4, -0.2) is 53.4 Å². The monoisotopic (exact) mass is 624 g/mol. The van der Waals surface area contributed by atoms with E-state index in [0.29, 0.717) is 23.5 Å². The Labute approximate surface area is 265 Å². The topological polar surface area (TPSA) is 161 Å². The first kappa shape index (κ1) is 29.7. The normalized spacial score (nSPS) is 23.4. The van der Waals surface area contributed by atoms with Gasteiger partial charge in [0.2, 0.25) is 23.6 Å². The van der Waals surface area contributed by atoms with Crippen LogP contribution >= 0.6 is 0 Å². The summed E-state index contributed by atoms with van der Waals surface area (Å²) in [4.78, 5) is 48.4. The van der Waals surface area contributed by atoms with Crippen molar-refractivity contribution in [2.45, 2.75) is 63.9 Å². The van der Waals surface area contributed by atoms with Gasteiger partial charge in [-0.1, -0.05) is 58.0 Å². The second-order valence-corrected chi connectivity index (χ2v) is 12.8. The molecule has 5 atom stereocenters. The maximum Gasteiger partial charge on any atom is 0.249 e. The van der Waals surface area contributed by atoms with Gasteiger partial charge in [-0.25, -0.2) is 9.97 Å². The highest BCUT2D eigenvalue weighted by Crippen LogP contribution is 2.59. The van der Waals surface area contributed by atoms with Crippen LogP contribution in [0, 0.1) is 11.8 Å². The molecule has 4 N–H and O–H groups in total. The predicted molar refractivity (Wildman–Crippen MR) is 167 cm³/mol. The molecule has 0 saturated carbocycles. The predicted octanol–water partition coefficient (Wildman–Crippen LogP) is 3.72. The molecule has 0 radical (unpaired) electrons. The lowest BCUT2D eigenvalue weighted by Crippen LogP contribution is -2.55. The van der Waals surface area contributed by atoms with Gasteiger partial charge in [-0.15, -0.1) is 0 Å². The van der Waals surface area contributed by atoms with Gasteiger partial charge in [0.05, 0.1) is 6.04 Å². The van der Waals surface area contributed by atoms with Crippen LogP contribution in [0.15, 0.2) is 57.6 Å². The number of hydrogen-bond donors (Lipinski definition) is 4. The van der Waals surface area contributed by atoms with Crippen LogP contribution in [0.4, 0.5) is 5.69 Å². The molecule has 0 saturated heterocycles. The number of aldehydes is 1. The van der Waals surface area contributed by atoms with Gasteiger partial charge in [0.15, 0.2) is 24.0 Å². The lowest BCUT2D eigenvalue weighted by Gasteiger charge is -2.29. The summed E-state index contributed by atoms with van der Waals surface area (Å²) in [5, 5.41) is 12.7. The van der Waals surface area contributed by atoms with Crippen LogP contribution in [-0.2, 0) is 21.4 Å². The number of nitrogens with zero attached hydrogens (tertiary/aromatic N) is 2. The minimum absolute atomic E-state index is 0.00527. The Hall–Kier alpha value is -4.97. The fraction of sp³-hybridized carbons (Fsp3) is 0.382. The smallest absolute Gasteiger partial charge is 0.249 e. The van der Waals surface area contributed by atoms with E-state index in [-0.39, 0.29) is 47.5 Å². The summed E-state index contributed by atoms with van der Waals surface area (Å²) in [5.74, 6) is 0.606. The van der Waals surface area contributed by atoms with Crippen molar-refractivity contribution in [2.24, 2.45) is 11.8 Å². The minimum atomic E-state index is -1.03. The summed E-state index contributed by atoms with van der Waals surface area (Å²) in [6.45, 7) is 7.80. The Morgan fingerprint density at radius 3 is 2.61 bits per heavy atom. The minimum Gasteiger partial charge on any atom is -0.469 e. The molecule has 4 bridgehead atoms. The maximum absolute atomic E-state index is 14.0. The summed E-state index contributed by atoms with van der Waals surface area (Å²) in [6, 6.07) is 11.6. The average Bonchev–Trinajstić information content (AvgIpc) is 3.80. The highest BCUT2D eigenvalue weighted by molar-refractivity contribution is 5.90. The van der Waals surface area contributed by atoms with Crippen LogP contribution in [0.2, 0.25) is 0 Å². The molecule has 4 aromatic rings. The van der Waals surface area contributed by atoms with Crippen molar-refractivity contribution in [3.05, 3.63) is 82.8 Å². The van der Waals surface area contributed by atoms with Crippen molar-refractivity contribution >= 4 is 23.8 Å². The molecule has 2 amide bonds. The van der Waals surface area contributed by atoms with Gasteiger partial charge >= 0.3 is 0 Å². The number of likely N-dealkylation sites (N-methyl/N-ethyl adjacent to an activating group) is 1. The summed E-state index contributed by atoms with van der Waals surface area (Å²) in [5.41, 5.74) is 2.78. The van der Waals surface area contributed by atoms with Crippen molar-refractivity contribution in [1.29, 1.82) is 0 Å². The maximum atomic E-state index is 14.0. The molecule has 46 heavy (non-hydrogen) atoms. The van der Waals surface area contributed by atoms with E-state index in [1.807, 2.05) is 70.2 Å². The number of anilines is 1. The Bertz CT molecular complexity index is 1840. The zero-order valence-electron chi connectivity index (χ0n) is 26.2. The van der Waals surface area contributed by atoms with Gasteiger partial charge in [-0.3, -0.25) is 14.4 Å². The SMILES string of the molecule is CNC(C(=O)N[C@H]1Cc2ccc3c(c2)C2(c4ccccc4NC2O3)c2oc(nc2-c2nc(C=O)co2)[C@H](C(C)C)NC1=O)C(C)C. The number of carbonyl (C=O) groups is 3. The van der Waals surface area contributed by atoms with Crippen molar-refractivity contribution in [3.63, 3.8) is 0 Å². The molecule has 1 spiro atoms. The van der Waals surface area contributed by atoms with Crippen molar-refractivity contribution < 1.29 is 28.0 Å². The van der Waals surface area contributed by atoms with Crippen molar-refractivity contribution in [2.75, 3.05) is 12.4 Å². The number of amides is 2. The molecular formula is C34H36N6O6. The second kappa shape index (κ2) is 11.1. The van der Waals surface area contributed by atoms with E-state index in [4.69, 9.17) is 18.6 Å². The van der Waals surface area contributed by atoms with Crippen molar-refractivity contribution in [1.82, 2.24) is 25.9 Å². The summed E-state index contributed by atoms with van der Waals surface area (Å²) in [7, 11) is 1.73. The first-order valence-electron chi connectivity index (χ1n) is 15.5. The summed E-state index contributed by atoms with van der Waals surface area (Å²) in [6.07, 6.45) is 1.50. The molecule has 5 heterocycles. The van der Waals surface area contributed by atoms with Gasteiger partial charge in [-0.05, 0) is 42.1 Å². The zero-order chi connectivity index (χ0) is 32.3. The number of benzene rings is 2. The fourth-order valence-corrected chi connectivity index (χ4v) is 6.93. The largest absolute Gasteiger partial charge is 0.469 e. The van der Waals surface area contributed by atoms with Crippen LogP contribution < -0.4 is 26.0 Å².